The lowest BCUT2D eigenvalue weighted by Gasteiger charge is -2.13. The Morgan fingerprint density at radius 1 is 1.22 bits per heavy atom. The smallest absolute Gasteiger partial charge is 0.387 e. The van der Waals surface area contributed by atoms with E-state index in [9.17, 15) is 8.78 Å². The standard InChI is InChI=1S/C17H23F2N5O2.HI/c1-17(2,3)14-23-13(24-26-14)10-22-16(20-4)21-9-11-7-5-6-8-12(11)25-15(18)19;/h5-8,15H,9-10H2,1-4H3,(H2,20,21,22);1H. The van der Waals surface area contributed by atoms with Crippen LogP contribution < -0.4 is 15.4 Å². The summed E-state index contributed by atoms with van der Waals surface area (Å²) in [6.07, 6.45) is 0. The first-order valence-electron chi connectivity index (χ1n) is 8.10. The third-order valence-electron chi connectivity index (χ3n) is 3.38. The Morgan fingerprint density at radius 2 is 1.89 bits per heavy atom. The van der Waals surface area contributed by atoms with Gasteiger partial charge in [0.2, 0.25) is 5.89 Å². The lowest BCUT2D eigenvalue weighted by Crippen LogP contribution is -2.36. The van der Waals surface area contributed by atoms with Gasteiger partial charge in [-0.2, -0.15) is 13.8 Å². The number of aromatic nitrogens is 2. The number of hydrogen-bond donors (Lipinski definition) is 2. The molecule has 27 heavy (non-hydrogen) atoms. The number of hydrogen-bond acceptors (Lipinski definition) is 5. The van der Waals surface area contributed by atoms with Crippen molar-refractivity contribution in [3.63, 3.8) is 0 Å². The SMILES string of the molecule is CN=C(NCc1noc(C(C)(C)C)n1)NCc1ccccc1OC(F)F.I. The maximum atomic E-state index is 12.5. The fourth-order valence-corrected chi connectivity index (χ4v) is 2.05. The van der Waals surface area contributed by atoms with Crippen molar-refractivity contribution in [1.29, 1.82) is 0 Å². The van der Waals surface area contributed by atoms with Crippen LogP contribution in [0.1, 0.15) is 38.0 Å². The zero-order valence-corrected chi connectivity index (χ0v) is 18.0. The number of rotatable bonds is 6. The number of nitrogens with one attached hydrogen (secondary N) is 2. The van der Waals surface area contributed by atoms with Gasteiger partial charge in [0.25, 0.3) is 0 Å². The maximum absolute atomic E-state index is 12.5. The first-order chi connectivity index (χ1) is 12.3. The Balaban J connectivity index is 0.00000364. The minimum atomic E-state index is -2.87. The number of halogens is 3. The van der Waals surface area contributed by atoms with E-state index in [-0.39, 0.29) is 41.7 Å². The molecule has 10 heteroatoms. The summed E-state index contributed by atoms with van der Waals surface area (Å²) in [4.78, 5) is 8.41. The summed E-state index contributed by atoms with van der Waals surface area (Å²) in [5, 5.41) is 10.00. The highest BCUT2D eigenvalue weighted by Crippen LogP contribution is 2.20. The van der Waals surface area contributed by atoms with Gasteiger partial charge in [-0.1, -0.05) is 44.1 Å². The Bertz CT molecular complexity index is 747. The van der Waals surface area contributed by atoms with Gasteiger partial charge < -0.3 is 19.9 Å². The summed E-state index contributed by atoms with van der Waals surface area (Å²) in [7, 11) is 1.60. The Labute approximate surface area is 174 Å². The number of benzene rings is 1. The summed E-state index contributed by atoms with van der Waals surface area (Å²) < 4.78 is 34.7. The summed E-state index contributed by atoms with van der Waals surface area (Å²) in [6.45, 7) is 3.66. The number of para-hydroxylation sites is 1. The molecule has 1 aromatic carbocycles. The molecule has 1 aromatic heterocycles. The molecule has 0 bridgehead atoms. The molecule has 0 aliphatic rings. The molecule has 0 fully saturated rings. The van der Waals surface area contributed by atoms with E-state index in [0.29, 0.717) is 29.8 Å². The molecule has 0 saturated heterocycles. The Morgan fingerprint density at radius 3 is 2.48 bits per heavy atom. The molecule has 0 spiro atoms. The fraction of sp³-hybridized carbons (Fsp3) is 0.471. The van der Waals surface area contributed by atoms with E-state index in [1.165, 1.54) is 6.07 Å². The van der Waals surface area contributed by atoms with Crippen LogP contribution in [0.5, 0.6) is 5.75 Å². The van der Waals surface area contributed by atoms with E-state index >= 15 is 0 Å². The maximum Gasteiger partial charge on any atom is 0.387 e. The van der Waals surface area contributed by atoms with Gasteiger partial charge in [-0.05, 0) is 6.07 Å². The topological polar surface area (TPSA) is 84.6 Å². The minimum Gasteiger partial charge on any atom is -0.434 e. The van der Waals surface area contributed by atoms with Crippen LogP contribution in [-0.4, -0.2) is 29.8 Å². The minimum absolute atomic E-state index is 0. The Kier molecular flexibility index (Phi) is 8.86. The largest absolute Gasteiger partial charge is 0.434 e. The molecule has 1 heterocycles. The van der Waals surface area contributed by atoms with Gasteiger partial charge in [0.05, 0.1) is 6.54 Å². The summed E-state index contributed by atoms with van der Waals surface area (Å²) in [6, 6.07) is 6.58. The number of ether oxygens (including phenoxy) is 1. The van der Waals surface area contributed by atoms with Crippen LogP contribution in [0.15, 0.2) is 33.8 Å². The van der Waals surface area contributed by atoms with Gasteiger partial charge >= 0.3 is 6.61 Å². The van der Waals surface area contributed by atoms with Gasteiger partial charge in [-0.25, -0.2) is 0 Å². The van der Waals surface area contributed by atoms with Crippen molar-refractivity contribution in [3.05, 3.63) is 41.5 Å². The van der Waals surface area contributed by atoms with Crippen molar-refractivity contribution in [2.24, 2.45) is 4.99 Å². The van der Waals surface area contributed by atoms with Crippen molar-refractivity contribution in [2.75, 3.05) is 7.05 Å². The Hall–Kier alpha value is -1.98. The highest BCUT2D eigenvalue weighted by Gasteiger charge is 2.21. The number of guanidine groups is 1. The van der Waals surface area contributed by atoms with Gasteiger partial charge in [-0.15, -0.1) is 24.0 Å². The molecule has 0 unspecified atom stereocenters. The number of alkyl halides is 2. The van der Waals surface area contributed by atoms with Crippen LogP contribution >= 0.6 is 24.0 Å². The molecule has 2 aromatic rings. The second-order valence-corrected chi connectivity index (χ2v) is 6.53. The summed E-state index contributed by atoms with van der Waals surface area (Å²) in [5.74, 6) is 1.65. The molecule has 0 aliphatic carbocycles. The normalized spacial score (nSPS) is 11.9. The van der Waals surface area contributed by atoms with Crippen LogP contribution in [0.4, 0.5) is 8.78 Å². The second-order valence-electron chi connectivity index (χ2n) is 6.53. The van der Waals surface area contributed by atoms with Gasteiger partial charge in [0.15, 0.2) is 11.8 Å². The lowest BCUT2D eigenvalue weighted by molar-refractivity contribution is -0.0504. The highest BCUT2D eigenvalue weighted by atomic mass is 127. The van der Waals surface area contributed by atoms with E-state index in [4.69, 9.17) is 4.52 Å². The van der Waals surface area contributed by atoms with Crippen molar-refractivity contribution >= 4 is 29.9 Å². The first kappa shape index (κ1) is 23.1. The average molecular weight is 495 g/mol. The fourth-order valence-electron chi connectivity index (χ4n) is 2.05. The zero-order valence-electron chi connectivity index (χ0n) is 15.6. The van der Waals surface area contributed by atoms with Gasteiger partial charge in [0, 0.05) is 24.6 Å². The molecule has 0 aliphatic heterocycles. The van der Waals surface area contributed by atoms with Crippen molar-refractivity contribution in [1.82, 2.24) is 20.8 Å². The predicted octanol–water partition coefficient (Wildman–Crippen LogP) is 3.45. The third kappa shape index (κ3) is 7.27. The molecule has 0 radical (unpaired) electrons. The van der Waals surface area contributed by atoms with Crippen LogP contribution in [0.2, 0.25) is 0 Å². The molecule has 0 atom stereocenters. The summed E-state index contributed by atoms with van der Waals surface area (Å²) >= 11 is 0. The van der Waals surface area contributed by atoms with E-state index in [2.05, 4.69) is 30.5 Å². The average Bonchev–Trinajstić information content (AvgIpc) is 3.05. The number of aliphatic imine (C=N–C) groups is 1. The molecule has 2 rings (SSSR count). The van der Waals surface area contributed by atoms with Gasteiger partial charge in [0.1, 0.15) is 5.75 Å². The molecule has 0 amide bonds. The van der Waals surface area contributed by atoms with Crippen molar-refractivity contribution in [3.8, 4) is 5.75 Å². The van der Waals surface area contributed by atoms with E-state index < -0.39 is 6.61 Å². The van der Waals surface area contributed by atoms with Crippen molar-refractivity contribution in [2.45, 2.75) is 45.9 Å². The quantitative estimate of drug-likeness (QED) is 0.363. The number of nitrogens with zero attached hydrogens (tertiary/aromatic N) is 3. The van der Waals surface area contributed by atoms with Crippen LogP contribution in [0.3, 0.4) is 0 Å². The molecule has 150 valence electrons. The van der Waals surface area contributed by atoms with Crippen LogP contribution in [-0.2, 0) is 18.5 Å². The molecular formula is C17H24F2IN5O2. The first-order valence-corrected chi connectivity index (χ1v) is 8.10. The molecule has 0 saturated carbocycles. The van der Waals surface area contributed by atoms with E-state index in [1.54, 1.807) is 25.2 Å². The van der Waals surface area contributed by atoms with E-state index in [0.717, 1.165) is 0 Å². The highest BCUT2D eigenvalue weighted by molar-refractivity contribution is 14.0. The molecule has 7 nitrogen and oxygen atoms in total. The van der Waals surface area contributed by atoms with Gasteiger partial charge in [-0.3, -0.25) is 4.99 Å². The molecule has 2 N–H and O–H groups in total. The third-order valence-corrected chi connectivity index (χ3v) is 3.38. The predicted molar refractivity (Wildman–Crippen MR) is 109 cm³/mol. The zero-order chi connectivity index (χ0) is 19.2. The second kappa shape index (κ2) is 10.4. The van der Waals surface area contributed by atoms with E-state index in [1.807, 2.05) is 20.8 Å². The molecular weight excluding hydrogens is 471 g/mol. The van der Waals surface area contributed by atoms with Crippen LogP contribution in [0.25, 0.3) is 0 Å². The lowest BCUT2D eigenvalue weighted by atomic mass is 9.97. The van der Waals surface area contributed by atoms with Crippen molar-refractivity contribution < 1.29 is 18.0 Å². The summed E-state index contributed by atoms with van der Waals surface area (Å²) in [5.41, 5.74) is 0.366. The van der Waals surface area contributed by atoms with Crippen LogP contribution in [0, 0.1) is 0 Å². The monoisotopic (exact) mass is 495 g/mol.